The Morgan fingerprint density at radius 3 is 2.72 bits per heavy atom. The van der Waals surface area contributed by atoms with Crippen LogP contribution in [0.3, 0.4) is 0 Å². The highest BCUT2D eigenvalue weighted by Gasteiger charge is 2.30. The molecule has 1 amide bonds. The fourth-order valence-electron chi connectivity index (χ4n) is 3.28. The van der Waals surface area contributed by atoms with E-state index in [1.54, 1.807) is 7.05 Å². The maximum atomic E-state index is 12.4. The van der Waals surface area contributed by atoms with E-state index in [4.69, 9.17) is 16.3 Å². The summed E-state index contributed by atoms with van der Waals surface area (Å²) in [6, 6.07) is 7.78. The van der Waals surface area contributed by atoms with Gasteiger partial charge in [0.1, 0.15) is 6.10 Å². The zero-order valence-corrected chi connectivity index (χ0v) is 15.3. The quantitative estimate of drug-likeness (QED) is 0.655. The minimum Gasteiger partial charge on any atom is -0.368 e. The maximum absolute atomic E-state index is 12.4. The lowest BCUT2D eigenvalue weighted by Gasteiger charge is -2.37. The van der Waals surface area contributed by atoms with E-state index >= 15 is 0 Å². The molecule has 0 radical (unpaired) electrons. The zero-order chi connectivity index (χ0) is 17.6. The highest BCUT2D eigenvalue weighted by Crippen LogP contribution is 2.16. The van der Waals surface area contributed by atoms with Gasteiger partial charge in [-0.05, 0) is 30.5 Å². The summed E-state index contributed by atoms with van der Waals surface area (Å²) in [7, 11) is 1.78. The van der Waals surface area contributed by atoms with Crippen LogP contribution in [-0.2, 0) is 16.1 Å². The molecule has 0 spiro atoms. The maximum Gasteiger partial charge on any atom is 0.251 e. The molecular formula is C18H25ClN4O2. The lowest BCUT2D eigenvalue weighted by molar-refractivity contribution is -0.142. The second-order valence-electron chi connectivity index (χ2n) is 6.34. The van der Waals surface area contributed by atoms with Crippen LogP contribution in [0.4, 0.5) is 0 Å². The van der Waals surface area contributed by atoms with E-state index in [9.17, 15) is 4.79 Å². The number of aliphatic imine (C=N–C) groups is 1. The third kappa shape index (κ3) is 4.64. The van der Waals surface area contributed by atoms with Crippen LogP contribution >= 0.6 is 11.6 Å². The Balaban J connectivity index is 1.49. The van der Waals surface area contributed by atoms with Crippen LogP contribution in [0.15, 0.2) is 29.3 Å². The van der Waals surface area contributed by atoms with Crippen LogP contribution in [0, 0.1) is 0 Å². The van der Waals surface area contributed by atoms with Gasteiger partial charge in [-0.1, -0.05) is 23.7 Å². The fraction of sp³-hybridized carbons (Fsp3) is 0.556. The Morgan fingerprint density at radius 2 is 2.08 bits per heavy atom. The number of rotatable bonds is 3. The molecule has 0 bridgehead atoms. The monoisotopic (exact) mass is 364 g/mol. The van der Waals surface area contributed by atoms with Crippen molar-refractivity contribution in [3.63, 3.8) is 0 Å². The van der Waals surface area contributed by atoms with E-state index in [2.05, 4.69) is 15.2 Å². The van der Waals surface area contributed by atoms with Gasteiger partial charge in [-0.25, -0.2) is 0 Å². The normalized spacial score (nSPS) is 21.5. The van der Waals surface area contributed by atoms with Gasteiger partial charge in [0, 0.05) is 51.4 Å². The molecule has 2 saturated heterocycles. The van der Waals surface area contributed by atoms with Crippen LogP contribution in [-0.4, -0.2) is 67.6 Å². The molecule has 136 valence electrons. The summed E-state index contributed by atoms with van der Waals surface area (Å²) in [6.45, 7) is 4.33. The van der Waals surface area contributed by atoms with Gasteiger partial charge in [-0.15, -0.1) is 0 Å². The molecule has 2 heterocycles. The van der Waals surface area contributed by atoms with Crippen molar-refractivity contribution >= 4 is 23.5 Å². The van der Waals surface area contributed by atoms with E-state index in [0.29, 0.717) is 26.2 Å². The molecule has 0 aromatic heterocycles. The standard InChI is InChI=1S/C18H25ClN4O2/c1-20-18(21-13-14-4-2-5-15(19)12-14)23-9-7-22(8-10-23)17(24)16-6-3-11-25-16/h2,4-5,12,16H,3,6-11,13H2,1H3,(H,20,21). The van der Waals surface area contributed by atoms with Crippen molar-refractivity contribution in [1.29, 1.82) is 0 Å². The topological polar surface area (TPSA) is 57.2 Å². The van der Waals surface area contributed by atoms with E-state index in [-0.39, 0.29) is 12.0 Å². The highest BCUT2D eigenvalue weighted by atomic mass is 35.5. The zero-order valence-electron chi connectivity index (χ0n) is 14.6. The molecule has 1 aromatic rings. The van der Waals surface area contributed by atoms with Crippen molar-refractivity contribution in [2.24, 2.45) is 4.99 Å². The van der Waals surface area contributed by atoms with Gasteiger partial charge in [0.2, 0.25) is 0 Å². The number of guanidine groups is 1. The van der Waals surface area contributed by atoms with Crippen LogP contribution in [0.5, 0.6) is 0 Å². The van der Waals surface area contributed by atoms with Gasteiger partial charge in [0.15, 0.2) is 5.96 Å². The average Bonchev–Trinajstić information content (AvgIpc) is 3.17. The summed E-state index contributed by atoms with van der Waals surface area (Å²) in [6.07, 6.45) is 1.60. The van der Waals surface area contributed by atoms with Gasteiger partial charge >= 0.3 is 0 Å². The number of amides is 1. The summed E-state index contributed by atoms with van der Waals surface area (Å²) in [5, 5.41) is 4.10. The second kappa shape index (κ2) is 8.54. The molecule has 1 atom stereocenters. The summed E-state index contributed by atoms with van der Waals surface area (Å²) >= 11 is 6.03. The van der Waals surface area contributed by atoms with Gasteiger partial charge in [0.25, 0.3) is 5.91 Å². The number of hydrogen-bond acceptors (Lipinski definition) is 3. The predicted octanol–water partition coefficient (Wildman–Crippen LogP) is 1.74. The third-order valence-corrected chi connectivity index (χ3v) is 4.88. The Morgan fingerprint density at radius 1 is 1.32 bits per heavy atom. The molecule has 1 aromatic carbocycles. The minimum atomic E-state index is -0.230. The van der Waals surface area contributed by atoms with Crippen molar-refractivity contribution in [1.82, 2.24) is 15.1 Å². The minimum absolute atomic E-state index is 0.138. The summed E-state index contributed by atoms with van der Waals surface area (Å²) in [5.74, 6) is 0.989. The average molecular weight is 365 g/mol. The Labute approximate surface area is 153 Å². The number of carbonyl (C=O) groups excluding carboxylic acids is 1. The molecular weight excluding hydrogens is 340 g/mol. The van der Waals surface area contributed by atoms with Crippen molar-refractivity contribution in [2.75, 3.05) is 39.8 Å². The number of benzene rings is 1. The SMILES string of the molecule is CN=C(NCc1cccc(Cl)c1)N1CCN(C(=O)C2CCCO2)CC1. The molecule has 3 rings (SSSR count). The molecule has 0 aliphatic carbocycles. The van der Waals surface area contributed by atoms with E-state index in [1.165, 1.54) is 0 Å². The molecule has 1 N–H and O–H groups in total. The molecule has 2 aliphatic heterocycles. The largest absolute Gasteiger partial charge is 0.368 e. The molecule has 25 heavy (non-hydrogen) atoms. The van der Waals surface area contributed by atoms with Crippen molar-refractivity contribution in [3.8, 4) is 0 Å². The Bertz CT molecular complexity index is 623. The third-order valence-electron chi connectivity index (χ3n) is 4.65. The number of nitrogens with zero attached hydrogens (tertiary/aromatic N) is 3. The van der Waals surface area contributed by atoms with Crippen molar-refractivity contribution in [3.05, 3.63) is 34.9 Å². The molecule has 1 unspecified atom stereocenters. The van der Waals surface area contributed by atoms with Crippen molar-refractivity contribution in [2.45, 2.75) is 25.5 Å². The van der Waals surface area contributed by atoms with Crippen LogP contribution < -0.4 is 5.32 Å². The first kappa shape index (κ1) is 18.0. The molecule has 7 heteroatoms. The predicted molar refractivity (Wildman–Crippen MR) is 98.8 cm³/mol. The number of halogens is 1. The number of ether oxygens (including phenoxy) is 1. The van der Waals surface area contributed by atoms with Crippen LogP contribution in [0.25, 0.3) is 0 Å². The summed E-state index contributed by atoms with van der Waals surface area (Å²) in [5.41, 5.74) is 1.11. The molecule has 6 nitrogen and oxygen atoms in total. The Hall–Kier alpha value is -1.79. The number of piperazine rings is 1. The smallest absolute Gasteiger partial charge is 0.251 e. The summed E-state index contributed by atoms with van der Waals surface area (Å²) < 4.78 is 5.51. The highest BCUT2D eigenvalue weighted by molar-refractivity contribution is 6.30. The van der Waals surface area contributed by atoms with Gasteiger partial charge in [-0.3, -0.25) is 9.79 Å². The number of hydrogen-bond donors (Lipinski definition) is 1. The number of carbonyl (C=O) groups is 1. The second-order valence-corrected chi connectivity index (χ2v) is 6.78. The molecule has 0 saturated carbocycles. The summed E-state index contributed by atoms with van der Waals surface area (Å²) in [4.78, 5) is 20.9. The van der Waals surface area contributed by atoms with Gasteiger partial charge < -0.3 is 19.9 Å². The van der Waals surface area contributed by atoms with Gasteiger partial charge in [0.05, 0.1) is 0 Å². The van der Waals surface area contributed by atoms with Crippen molar-refractivity contribution < 1.29 is 9.53 Å². The van der Waals surface area contributed by atoms with E-state index in [1.807, 2.05) is 29.2 Å². The van der Waals surface area contributed by atoms with Crippen LogP contribution in [0.2, 0.25) is 5.02 Å². The first-order chi connectivity index (χ1) is 12.2. The van der Waals surface area contributed by atoms with Gasteiger partial charge in [-0.2, -0.15) is 0 Å². The van der Waals surface area contributed by atoms with E-state index < -0.39 is 0 Å². The number of nitrogens with one attached hydrogen (secondary N) is 1. The fourth-order valence-corrected chi connectivity index (χ4v) is 3.49. The molecule has 2 fully saturated rings. The lowest BCUT2D eigenvalue weighted by atomic mass is 10.2. The Kier molecular flexibility index (Phi) is 6.15. The first-order valence-electron chi connectivity index (χ1n) is 8.78. The first-order valence-corrected chi connectivity index (χ1v) is 9.15. The van der Waals surface area contributed by atoms with E-state index in [0.717, 1.165) is 42.5 Å². The lowest BCUT2D eigenvalue weighted by Crippen LogP contribution is -2.55. The van der Waals surface area contributed by atoms with Crippen LogP contribution in [0.1, 0.15) is 18.4 Å². The molecule has 2 aliphatic rings.